The van der Waals surface area contributed by atoms with Crippen molar-refractivity contribution in [2.45, 2.75) is 51.7 Å². The van der Waals surface area contributed by atoms with Crippen LogP contribution in [-0.4, -0.2) is 47.1 Å². The monoisotopic (exact) mass is 462 g/mol. The van der Waals surface area contributed by atoms with E-state index >= 15 is 0 Å². The second-order valence-corrected chi connectivity index (χ2v) is 9.79. The Morgan fingerprint density at radius 3 is 2.88 bits per heavy atom. The summed E-state index contributed by atoms with van der Waals surface area (Å²) in [5, 5.41) is 6.16. The zero-order valence-corrected chi connectivity index (χ0v) is 20.0. The van der Waals surface area contributed by atoms with Crippen LogP contribution in [0.5, 0.6) is 0 Å². The molecular weight excluding hydrogens is 431 g/mol. The van der Waals surface area contributed by atoms with E-state index in [0.29, 0.717) is 28.6 Å². The summed E-state index contributed by atoms with van der Waals surface area (Å²) in [4.78, 5) is 19.8. The molecule has 0 radical (unpaired) electrons. The molecule has 4 heterocycles. The third kappa shape index (κ3) is 4.32. The van der Waals surface area contributed by atoms with Crippen LogP contribution in [0, 0.1) is 5.82 Å². The van der Waals surface area contributed by atoms with Crippen LogP contribution in [0.3, 0.4) is 0 Å². The number of hydrogen-bond donors (Lipinski definition) is 2. The van der Waals surface area contributed by atoms with Gasteiger partial charge in [0.1, 0.15) is 23.0 Å². The number of ether oxygens (including phenoxy) is 1. The van der Waals surface area contributed by atoms with Gasteiger partial charge in [-0.1, -0.05) is 6.42 Å². The molecular formula is C27H31FN4O2. The van der Waals surface area contributed by atoms with Gasteiger partial charge < -0.3 is 15.4 Å². The van der Waals surface area contributed by atoms with E-state index < -0.39 is 5.60 Å². The number of carbonyl (C=O) groups is 1. The third-order valence-corrected chi connectivity index (χ3v) is 6.98. The number of pyridine rings is 1. The highest BCUT2D eigenvalue weighted by atomic mass is 19.1. The van der Waals surface area contributed by atoms with Crippen molar-refractivity contribution in [2.75, 3.05) is 30.3 Å². The summed E-state index contributed by atoms with van der Waals surface area (Å²) >= 11 is 0. The normalized spacial score (nSPS) is 23.8. The average molecular weight is 463 g/mol. The molecule has 1 saturated heterocycles. The van der Waals surface area contributed by atoms with Crippen LogP contribution in [0.2, 0.25) is 0 Å². The van der Waals surface area contributed by atoms with Crippen molar-refractivity contribution in [3.8, 4) is 0 Å². The number of piperidine rings is 1. The van der Waals surface area contributed by atoms with E-state index in [1.165, 1.54) is 37.9 Å². The highest BCUT2D eigenvalue weighted by Crippen LogP contribution is 2.44. The first-order valence-corrected chi connectivity index (χ1v) is 12.0. The molecule has 178 valence electrons. The molecule has 1 atom stereocenters. The molecule has 3 aliphatic rings. The summed E-state index contributed by atoms with van der Waals surface area (Å²) in [6, 6.07) is 8.95. The van der Waals surface area contributed by atoms with E-state index in [0.717, 1.165) is 30.0 Å². The maximum atomic E-state index is 13.6. The lowest BCUT2D eigenvalue weighted by atomic mass is 9.93. The van der Waals surface area contributed by atoms with Gasteiger partial charge in [-0.2, -0.15) is 0 Å². The number of nitrogens with zero attached hydrogens (tertiary/aromatic N) is 2. The van der Waals surface area contributed by atoms with E-state index in [2.05, 4.69) is 27.4 Å². The third-order valence-electron chi connectivity index (χ3n) is 6.98. The number of halogens is 1. The Balaban J connectivity index is 1.33. The summed E-state index contributed by atoms with van der Waals surface area (Å²) in [5.41, 5.74) is 2.79. The van der Waals surface area contributed by atoms with Crippen molar-refractivity contribution in [2.24, 2.45) is 0 Å². The lowest BCUT2D eigenvalue weighted by Gasteiger charge is -2.33. The first-order chi connectivity index (χ1) is 16.3. The van der Waals surface area contributed by atoms with Crippen LogP contribution in [0.1, 0.15) is 51.2 Å². The average Bonchev–Trinajstić information content (AvgIpc) is 3.29. The molecule has 2 aromatic rings. The molecule has 1 unspecified atom stereocenters. The Hall–Kier alpha value is -3.19. The van der Waals surface area contributed by atoms with Gasteiger partial charge in [0.25, 0.3) is 5.91 Å². The first-order valence-electron chi connectivity index (χ1n) is 12.0. The van der Waals surface area contributed by atoms with E-state index in [1.807, 2.05) is 38.3 Å². The molecule has 5 rings (SSSR count). The van der Waals surface area contributed by atoms with Crippen molar-refractivity contribution in [1.82, 2.24) is 9.88 Å². The number of likely N-dealkylation sites (tertiary alicyclic amines) is 1. The Bertz CT molecular complexity index is 1170. The number of amides is 1. The minimum absolute atomic E-state index is 0.287. The molecule has 3 aliphatic heterocycles. The van der Waals surface area contributed by atoms with Crippen LogP contribution in [0.25, 0.3) is 11.1 Å². The van der Waals surface area contributed by atoms with Gasteiger partial charge in [0.05, 0.1) is 11.3 Å². The molecule has 0 saturated carbocycles. The fourth-order valence-electron chi connectivity index (χ4n) is 5.08. The van der Waals surface area contributed by atoms with Gasteiger partial charge in [0, 0.05) is 42.0 Å². The lowest BCUT2D eigenvalue weighted by Crippen LogP contribution is -2.40. The summed E-state index contributed by atoms with van der Waals surface area (Å²) in [6.07, 6.45) is 7.64. The second-order valence-electron chi connectivity index (χ2n) is 9.79. The molecule has 0 spiro atoms. The van der Waals surface area contributed by atoms with Crippen molar-refractivity contribution in [3.05, 3.63) is 65.3 Å². The molecule has 1 aromatic heterocycles. The van der Waals surface area contributed by atoms with Gasteiger partial charge in [0.2, 0.25) is 0 Å². The molecule has 1 amide bonds. The second kappa shape index (κ2) is 8.87. The Morgan fingerprint density at radius 2 is 2.12 bits per heavy atom. The molecule has 6 nitrogen and oxygen atoms in total. The van der Waals surface area contributed by atoms with Gasteiger partial charge >= 0.3 is 0 Å². The minimum Gasteiger partial charge on any atom is -0.482 e. The minimum atomic E-state index is -0.633. The number of fused-ring (bicyclic) bond motifs is 1. The van der Waals surface area contributed by atoms with Gasteiger partial charge in [-0.15, -0.1) is 0 Å². The SMILES string of the molecule is CC1CCCCN1CCNc1ccc(C2=C/C(=C3\C(=O)Nc4cc(F)ccc43)OC2(C)C)cn1. The molecule has 1 fully saturated rings. The van der Waals surface area contributed by atoms with Crippen LogP contribution >= 0.6 is 0 Å². The smallest absolute Gasteiger partial charge is 0.260 e. The van der Waals surface area contributed by atoms with Crippen LogP contribution in [0.15, 0.2) is 48.4 Å². The number of allylic oxidation sites excluding steroid dienone is 1. The molecule has 0 aliphatic carbocycles. The zero-order chi connectivity index (χ0) is 23.9. The van der Waals surface area contributed by atoms with Crippen LogP contribution in [0.4, 0.5) is 15.9 Å². The molecule has 7 heteroatoms. The number of aromatic nitrogens is 1. The number of nitrogens with one attached hydrogen (secondary N) is 2. The van der Waals surface area contributed by atoms with E-state index in [-0.39, 0.29) is 11.7 Å². The Labute approximate surface area is 199 Å². The maximum Gasteiger partial charge on any atom is 0.260 e. The predicted molar refractivity (Wildman–Crippen MR) is 133 cm³/mol. The molecule has 2 N–H and O–H groups in total. The van der Waals surface area contributed by atoms with Crippen LogP contribution < -0.4 is 10.6 Å². The topological polar surface area (TPSA) is 66.5 Å². The van der Waals surface area contributed by atoms with Crippen LogP contribution in [-0.2, 0) is 9.53 Å². The number of benzene rings is 1. The maximum absolute atomic E-state index is 13.6. The van der Waals surface area contributed by atoms with Crippen molar-refractivity contribution < 1.29 is 13.9 Å². The van der Waals surface area contributed by atoms with Crippen molar-refractivity contribution in [3.63, 3.8) is 0 Å². The summed E-state index contributed by atoms with van der Waals surface area (Å²) in [7, 11) is 0. The van der Waals surface area contributed by atoms with Gasteiger partial charge in [0.15, 0.2) is 0 Å². The largest absolute Gasteiger partial charge is 0.482 e. The fraction of sp³-hybridized carbons (Fsp3) is 0.407. The Kier molecular flexibility index (Phi) is 5.90. The first kappa shape index (κ1) is 22.6. The lowest BCUT2D eigenvalue weighted by molar-refractivity contribution is -0.111. The van der Waals surface area contributed by atoms with Crippen molar-refractivity contribution >= 4 is 28.6 Å². The Morgan fingerprint density at radius 1 is 1.26 bits per heavy atom. The standard InChI is InChI=1S/C27H31FN4O2/c1-17-6-4-5-12-32(17)13-11-29-24-10-7-18(16-30-24)21-15-23(34-27(21,2)3)25-20-9-8-19(28)14-22(20)31-26(25)33/h7-10,14-17H,4-6,11-13H2,1-3H3,(H,29,30)(H,31,33)/b25-23+. The summed E-state index contributed by atoms with van der Waals surface area (Å²) < 4.78 is 19.8. The fourth-order valence-corrected chi connectivity index (χ4v) is 5.08. The highest BCUT2D eigenvalue weighted by molar-refractivity contribution is 6.32. The number of anilines is 2. The zero-order valence-electron chi connectivity index (χ0n) is 20.0. The molecule has 1 aromatic carbocycles. The molecule has 34 heavy (non-hydrogen) atoms. The van der Waals surface area contributed by atoms with Gasteiger partial charge in [-0.25, -0.2) is 9.37 Å². The van der Waals surface area contributed by atoms with E-state index in [1.54, 1.807) is 6.07 Å². The van der Waals surface area contributed by atoms with Gasteiger partial charge in [-0.05, 0) is 76.6 Å². The quantitative estimate of drug-likeness (QED) is 0.608. The number of rotatable bonds is 5. The summed E-state index contributed by atoms with van der Waals surface area (Å²) in [6.45, 7) is 9.29. The van der Waals surface area contributed by atoms with Gasteiger partial charge in [-0.3, -0.25) is 9.69 Å². The van der Waals surface area contributed by atoms with E-state index in [9.17, 15) is 9.18 Å². The number of hydrogen-bond acceptors (Lipinski definition) is 5. The predicted octanol–water partition coefficient (Wildman–Crippen LogP) is 5.06. The van der Waals surface area contributed by atoms with Crippen molar-refractivity contribution in [1.29, 1.82) is 0 Å². The van der Waals surface area contributed by atoms with E-state index in [4.69, 9.17) is 4.74 Å². The number of carbonyl (C=O) groups excluding carboxylic acids is 1. The molecule has 0 bridgehead atoms. The summed E-state index contributed by atoms with van der Waals surface area (Å²) in [5.74, 6) is 0.653. The highest BCUT2D eigenvalue weighted by Gasteiger charge is 2.38.